The first-order valence-corrected chi connectivity index (χ1v) is 5.32. The Morgan fingerprint density at radius 2 is 2.00 bits per heavy atom. The van der Waals surface area contributed by atoms with E-state index in [4.69, 9.17) is 5.11 Å². The van der Waals surface area contributed by atoms with Gasteiger partial charge in [0.25, 0.3) is 0 Å². The largest absolute Gasteiger partial charge is 0.478 e. The lowest BCUT2D eigenvalue weighted by atomic mass is 10.2. The van der Waals surface area contributed by atoms with Crippen LogP contribution in [-0.2, 0) is 9.59 Å². The first-order valence-electron chi connectivity index (χ1n) is 5.32. The maximum atomic E-state index is 11.2. The molecule has 0 radical (unpaired) electrons. The number of hydrogen-bond donors (Lipinski definition) is 3. The summed E-state index contributed by atoms with van der Waals surface area (Å²) in [6.45, 7) is 6.58. The molecule has 16 heavy (non-hydrogen) atoms. The summed E-state index contributed by atoms with van der Waals surface area (Å²) in [6, 6.07) is 0.154. The van der Waals surface area contributed by atoms with Crippen molar-refractivity contribution >= 4 is 11.9 Å². The molecule has 0 rings (SSSR count). The van der Waals surface area contributed by atoms with Crippen LogP contribution in [0, 0.1) is 0 Å². The molecule has 0 aromatic heterocycles. The van der Waals surface area contributed by atoms with Gasteiger partial charge in [-0.2, -0.15) is 0 Å². The fourth-order valence-corrected chi connectivity index (χ4v) is 1.14. The van der Waals surface area contributed by atoms with E-state index in [2.05, 4.69) is 10.6 Å². The number of aliphatic carboxylic acids is 1. The van der Waals surface area contributed by atoms with Gasteiger partial charge in [-0.25, -0.2) is 4.79 Å². The van der Waals surface area contributed by atoms with Gasteiger partial charge in [-0.15, -0.1) is 0 Å². The first-order chi connectivity index (χ1) is 7.41. The van der Waals surface area contributed by atoms with Crippen LogP contribution in [0.2, 0.25) is 0 Å². The van der Waals surface area contributed by atoms with Crippen LogP contribution in [0.15, 0.2) is 11.6 Å². The van der Waals surface area contributed by atoms with Gasteiger partial charge >= 0.3 is 5.97 Å². The fraction of sp³-hybridized carbons (Fsp3) is 0.636. The highest BCUT2D eigenvalue weighted by atomic mass is 16.4. The number of amides is 1. The molecule has 0 unspecified atom stereocenters. The summed E-state index contributed by atoms with van der Waals surface area (Å²) in [5, 5.41) is 14.2. The van der Waals surface area contributed by atoms with E-state index in [1.54, 1.807) is 6.92 Å². The third kappa shape index (κ3) is 9.21. The third-order valence-electron chi connectivity index (χ3n) is 1.75. The quantitative estimate of drug-likeness (QED) is 0.438. The minimum atomic E-state index is -0.947. The molecule has 0 bridgehead atoms. The molecular formula is C11H20N2O3. The maximum absolute atomic E-state index is 11.2. The molecule has 0 aliphatic carbocycles. The van der Waals surface area contributed by atoms with Crippen molar-refractivity contribution in [3.63, 3.8) is 0 Å². The van der Waals surface area contributed by atoms with Gasteiger partial charge in [-0.1, -0.05) is 5.57 Å². The highest BCUT2D eigenvalue weighted by Gasteiger charge is 2.02. The topological polar surface area (TPSA) is 78.4 Å². The molecule has 92 valence electrons. The number of carbonyl (C=O) groups excluding carboxylic acids is 1. The van der Waals surface area contributed by atoms with E-state index in [9.17, 15) is 9.59 Å². The van der Waals surface area contributed by atoms with Crippen LogP contribution in [0.5, 0.6) is 0 Å². The average molecular weight is 228 g/mol. The lowest BCUT2D eigenvalue weighted by molar-refractivity contribution is -0.131. The molecule has 0 aliphatic heterocycles. The predicted octanol–water partition coefficient (Wildman–Crippen LogP) is 0.522. The molecular weight excluding hydrogens is 208 g/mol. The molecule has 5 nitrogen and oxygen atoms in total. The van der Waals surface area contributed by atoms with E-state index in [1.807, 2.05) is 13.8 Å². The van der Waals surface area contributed by atoms with Gasteiger partial charge < -0.3 is 15.7 Å². The van der Waals surface area contributed by atoms with Crippen LogP contribution < -0.4 is 10.6 Å². The number of carboxylic acids is 1. The zero-order chi connectivity index (χ0) is 12.6. The molecule has 0 aromatic carbocycles. The molecule has 3 N–H and O–H groups in total. The van der Waals surface area contributed by atoms with Gasteiger partial charge in [0.2, 0.25) is 5.91 Å². The Bertz CT molecular complexity index is 272. The lowest BCUT2D eigenvalue weighted by Crippen LogP contribution is -2.32. The summed E-state index contributed by atoms with van der Waals surface area (Å²) in [6.07, 6.45) is 1.56. The monoisotopic (exact) mass is 228 g/mol. The zero-order valence-corrected chi connectivity index (χ0v) is 10.0. The Kier molecular flexibility index (Phi) is 7.20. The number of carboxylic acid groups (broad SMARTS) is 1. The van der Waals surface area contributed by atoms with Crippen LogP contribution in [0.25, 0.3) is 0 Å². The molecule has 0 saturated carbocycles. The van der Waals surface area contributed by atoms with Crippen molar-refractivity contribution in [1.82, 2.24) is 10.6 Å². The Morgan fingerprint density at radius 3 is 2.50 bits per heavy atom. The molecule has 0 heterocycles. The molecule has 0 saturated heterocycles. The van der Waals surface area contributed by atoms with E-state index in [0.29, 0.717) is 19.5 Å². The van der Waals surface area contributed by atoms with Crippen molar-refractivity contribution in [3.8, 4) is 0 Å². The van der Waals surface area contributed by atoms with E-state index < -0.39 is 5.97 Å². The van der Waals surface area contributed by atoms with Gasteiger partial charge in [0, 0.05) is 31.6 Å². The summed E-state index contributed by atoms with van der Waals surface area (Å²) < 4.78 is 0. The third-order valence-corrected chi connectivity index (χ3v) is 1.75. The molecule has 0 fully saturated rings. The molecule has 0 aliphatic rings. The van der Waals surface area contributed by atoms with Crippen LogP contribution in [0.1, 0.15) is 27.2 Å². The van der Waals surface area contributed by atoms with Crippen molar-refractivity contribution in [1.29, 1.82) is 0 Å². The highest BCUT2D eigenvalue weighted by molar-refractivity contribution is 5.80. The van der Waals surface area contributed by atoms with Gasteiger partial charge in [0.15, 0.2) is 0 Å². The summed E-state index contributed by atoms with van der Waals surface area (Å²) in [5.41, 5.74) is 0.733. The molecule has 0 aromatic rings. The minimum Gasteiger partial charge on any atom is -0.478 e. The van der Waals surface area contributed by atoms with Gasteiger partial charge in [-0.3, -0.25) is 4.79 Å². The summed E-state index contributed by atoms with van der Waals surface area (Å²) >= 11 is 0. The van der Waals surface area contributed by atoms with Crippen LogP contribution in [-0.4, -0.2) is 36.1 Å². The fourth-order valence-electron chi connectivity index (χ4n) is 1.14. The summed E-state index contributed by atoms with van der Waals surface area (Å²) in [5.74, 6) is -0.945. The van der Waals surface area contributed by atoms with Crippen molar-refractivity contribution in [3.05, 3.63) is 11.6 Å². The molecule has 1 amide bonds. The Morgan fingerprint density at radius 1 is 1.38 bits per heavy atom. The first kappa shape index (κ1) is 14.6. The maximum Gasteiger partial charge on any atom is 0.328 e. The second-order valence-electron chi connectivity index (χ2n) is 3.98. The SMILES string of the molecule is CC(=CC(=O)O)CNCCC(=O)NC(C)C. The average Bonchev–Trinajstić information content (AvgIpc) is 2.10. The number of nitrogens with one attached hydrogen (secondary N) is 2. The zero-order valence-electron chi connectivity index (χ0n) is 10.0. The smallest absolute Gasteiger partial charge is 0.328 e. The van der Waals surface area contributed by atoms with Crippen molar-refractivity contribution < 1.29 is 14.7 Å². The predicted molar refractivity (Wildman–Crippen MR) is 62.2 cm³/mol. The summed E-state index contributed by atoms with van der Waals surface area (Å²) in [4.78, 5) is 21.5. The molecule has 0 spiro atoms. The lowest BCUT2D eigenvalue weighted by Gasteiger charge is -2.08. The van der Waals surface area contributed by atoms with Crippen molar-refractivity contribution in [2.75, 3.05) is 13.1 Å². The van der Waals surface area contributed by atoms with Gasteiger partial charge in [0.1, 0.15) is 0 Å². The second-order valence-corrected chi connectivity index (χ2v) is 3.98. The van der Waals surface area contributed by atoms with Crippen LogP contribution >= 0.6 is 0 Å². The van der Waals surface area contributed by atoms with E-state index in [0.717, 1.165) is 11.6 Å². The van der Waals surface area contributed by atoms with Crippen molar-refractivity contribution in [2.45, 2.75) is 33.2 Å². The molecule has 0 atom stereocenters. The Hall–Kier alpha value is -1.36. The Balaban J connectivity index is 3.61. The number of carbonyl (C=O) groups is 2. The highest BCUT2D eigenvalue weighted by Crippen LogP contribution is 1.89. The van der Waals surface area contributed by atoms with Crippen LogP contribution in [0.3, 0.4) is 0 Å². The van der Waals surface area contributed by atoms with Gasteiger partial charge in [-0.05, 0) is 20.8 Å². The summed E-state index contributed by atoms with van der Waals surface area (Å²) in [7, 11) is 0. The Labute approximate surface area is 95.9 Å². The normalized spacial score (nSPS) is 11.6. The van der Waals surface area contributed by atoms with E-state index in [1.165, 1.54) is 0 Å². The minimum absolute atomic E-state index is 0.00219. The van der Waals surface area contributed by atoms with E-state index in [-0.39, 0.29) is 11.9 Å². The number of hydrogen-bond acceptors (Lipinski definition) is 3. The standard InChI is InChI=1S/C11H20N2O3/c1-8(2)13-10(14)4-5-12-7-9(3)6-11(15)16/h6,8,12H,4-5,7H2,1-3H3,(H,13,14)(H,15,16). The van der Waals surface area contributed by atoms with Crippen molar-refractivity contribution in [2.24, 2.45) is 0 Å². The van der Waals surface area contributed by atoms with E-state index >= 15 is 0 Å². The molecule has 5 heteroatoms. The van der Waals surface area contributed by atoms with Gasteiger partial charge in [0.05, 0.1) is 0 Å². The second kappa shape index (κ2) is 7.87. The van der Waals surface area contributed by atoms with Crippen LogP contribution in [0.4, 0.5) is 0 Å². The number of rotatable bonds is 7.